The van der Waals surface area contributed by atoms with Crippen molar-refractivity contribution in [2.45, 2.75) is 31.7 Å². The summed E-state index contributed by atoms with van der Waals surface area (Å²) in [6.07, 6.45) is 3.95. The lowest BCUT2D eigenvalue weighted by Crippen LogP contribution is -2.50. The van der Waals surface area contributed by atoms with Gasteiger partial charge in [-0.3, -0.25) is 9.69 Å². The minimum absolute atomic E-state index is 0.0340. The molecule has 0 spiro atoms. The van der Waals surface area contributed by atoms with Crippen LogP contribution in [0, 0.1) is 11.7 Å². The van der Waals surface area contributed by atoms with Crippen LogP contribution in [0.2, 0.25) is 0 Å². The van der Waals surface area contributed by atoms with E-state index in [0.717, 1.165) is 44.8 Å². The molecule has 0 radical (unpaired) electrons. The van der Waals surface area contributed by atoms with Crippen molar-refractivity contribution < 1.29 is 19.4 Å². The fraction of sp³-hybridized carbons (Fsp3) is 0.611. The fourth-order valence-electron chi connectivity index (χ4n) is 3.87. The normalized spacial score (nSPS) is 23.4. The Morgan fingerprint density at radius 2 is 1.96 bits per heavy atom. The molecule has 132 valence electrons. The Morgan fingerprint density at radius 3 is 2.67 bits per heavy atom. The van der Waals surface area contributed by atoms with Crippen molar-refractivity contribution in [1.82, 2.24) is 9.80 Å². The summed E-state index contributed by atoms with van der Waals surface area (Å²) < 4.78 is 13.4. The number of aromatic hydroxyl groups is 1. The molecule has 1 atom stereocenters. The number of phenols is 1. The minimum atomic E-state index is -0.765. The first kappa shape index (κ1) is 17.2. The molecule has 0 aromatic heterocycles. The zero-order chi connectivity index (χ0) is 17.1. The SMILES string of the molecule is O=C(c1cccc(F)c1O)N1CCC(N2CCC[C@@H](CO)C2)CC1. The van der Waals surface area contributed by atoms with Crippen molar-refractivity contribution in [3.05, 3.63) is 29.6 Å². The maximum atomic E-state index is 13.4. The van der Waals surface area contributed by atoms with Gasteiger partial charge in [0, 0.05) is 32.3 Å². The number of likely N-dealkylation sites (tertiary alicyclic amines) is 2. The maximum absolute atomic E-state index is 13.4. The lowest BCUT2D eigenvalue weighted by molar-refractivity contribution is 0.0453. The first-order valence-electron chi connectivity index (χ1n) is 8.71. The van der Waals surface area contributed by atoms with E-state index in [0.29, 0.717) is 25.0 Å². The summed E-state index contributed by atoms with van der Waals surface area (Å²) in [5, 5.41) is 19.1. The second-order valence-corrected chi connectivity index (χ2v) is 6.85. The van der Waals surface area contributed by atoms with Crippen LogP contribution in [0.3, 0.4) is 0 Å². The van der Waals surface area contributed by atoms with Crippen LogP contribution < -0.4 is 0 Å². The molecule has 5 nitrogen and oxygen atoms in total. The Hall–Kier alpha value is -1.66. The molecule has 1 aromatic carbocycles. The Labute approximate surface area is 141 Å². The van der Waals surface area contributed by atoms with E-state index in [1.165, 1.54) is 12.1 Å². The number of phenolic OH excluding ortho intramolecular Hbond substituents is 1. The van der Waals surface area contributed by atoms with E-state index in [4.69, 9.17) is 0 Å². The van der Waals surface area contributed by atoms with Gasteiger partial charge in [-0.15, -0.1) is 0 Å². The topological polar surface area (TPSA) is 64.0 Å². The average molecular weight is 336 g/mol. The van der Waals surface area contributed by atoms with Gasteiger partial charge in [0.25, 0.3) is 5.91 Å². The third-order valence-corrected chi connectivity index (χ3v) is 5.29. The van der Waals surface area contributed by atoms with Crippen molar-refractivity contribution in [2.24, 2.45) is 5.92 Å². The van der Waals surface area contributed by atoms with Gasteiger partial charge < -0.3 is 15.1 Å². The maximum Gasteiger partial charge on any atom is 0.257 e. The summed E-state index contributed by atoms with van der Waals surface area (Å²) in [5.74, 6) is -1.27. The summed E-state index contributed by atoms with van der Waals surface area (Å²) in [7, 11) is 0. The van der Waals surface area contributed by atoms with E-state index < -0.39 is 11.6 Å². The minimum Gasteiger partial charge on any atom is -0.504 e. The summed E-state index contributed by atoms with van der Waals surface area (Å²) in [5.41, 5.74) is 0.0340. The zero-order valence-electron chi connectivity index (χ0n) is 13.8. The predicted octanol–water partition coefficient (Wildman–Crippen LogP) is 1.84. The highest BCUT2D eigenvalue weighted by atomic mass is 19.1. The van der Waals surface area contributed by atoms with Crippen LogP contribution in [-0.4, -0.2) is 64.7 Å². The molecule has 1 aromatic rings. The molecule has 2 fully saturated rings. The molecule has 0 unspecified atom stereocenters. The number of rotatable bonds is 3. The van der Waals surface area contributed by atoms with Crippen molar-refractivity contribution >= 4 is 5.91 Å². The molecule has 1 amide bonds. The van der Waals surface area contributed by atoms with Crippen LogP contribution in [0.5, 0.6) is 5.75 Å². The summed E-state index contributed by atoms with van der Waals surface area (Å²) >= 11 is 0. The average Bonchev–Trinajstić information content (AvgIpc) is 2.63. The smallest absolute Gasteiger partial charge is 0.257 e. The standard InChI is InChI=1S/C18H25FN2O3/c19-16-5-1-4-15(17(16)23)18(24)20-9-6-14(7-10-20)21-8-2-3-13(11-21)12-22/h1,4-5,13-14,22-23H,2-3,6-12H2/t13-/m1/s1. The molecule has 0 saturated carbocycles. The number of carbonyl (C=O) groups excluding carboxylic acids is 1. The highest BCUT2D eigenvalue weighted by molar-refractivity contribution is 5.96. The predicted molar refractivity (Wildman–Crippen MR) is 88.4 cm³/mol. The quantitative estimate of drug-likeness (QED) is 0.884. The Kier molecular flexibility index (Phi) is 5.36. The Bertz CT molecular complexity index is 588. The highest BCUT2D eigenvalue weighted by Crippen LogP contribution is 2.26. The van der Waals surface area contributed by atoms with Gasteiger partial charge in [0.05, 0.1) is 5.56 Å². The van der Waals surface area contributed by atoms with Crippen molar-refractivity contribution in [2.75, 3.05) is 32.8 Å². The lowest BCUT2D eigenvalue weighted by atomic mass is 9.94. The van der Waals surface area contributed by atoms with Gasteiger partial charge in [-0.25, -0.2) is 4.39 Å². The molecule has 24 heavy (non-hydrogen) atoms. The number of aliphatic hydroxyl groups excluding tert-OH is 1. The summed E-state index contributed by atoms with van der Waals surface area (Å²) in [6, 6.07) is 4.48. The third kappa shape index (κ3) is 3.54. The van der Waals surface area contributed by atoms with Crippen LogP contribution >= 0.6 is 0 Å². The van der Waals surface area contributed by atoms with E-state index in [-0.39, 0.29) is 18.1 Å². The number of benzene rings is 1. The lowest BCUT2D eigenvalue weighted by Gasteiger charge is -2.42. The second-order valence-electron chi connectivity index (χ2n) is 6.85. The van der Waals surface area contributed by atoms with Crippen LogP contribution in [0.25, 0.3) is 0 Å². The van der Waals surface area contributed by atoms with E-state index in [1.807, 2.05) is 0 Å². The molecule has 2 aliphatic rings. The third-order valence-electron chi connectivity index (χ3n) is 5.29. The van der Waals surface area contributed by atoms with Gasteiger partial charge in [0.15, 0.2) is 11.6 Å². The number of hydrogen-bond acceptors (Lipinski definition) is 4. The second kappa shape index (κ2) is 7.49. The summed E-state index contributed by atoms with van der Waals surface area (Å²) in [6.45, 7) is 3.45. The molecule has 3 rings (SSSR count). The van der Waals surface area contributed by atoms with Gasteiger partial charge in [-0.05, 0) is 50.3 Å². The number of para-hydroxylation sites is 1. The van der Waals surface area contributed by atoms with Gasteiger partial charge in [0.2, 0.25) is 0 Å². The van der Waals surface area contributed by atoms with Gasteiger partial charge >= 0.3 is 0 Å². The van der Waals surface area contributed by atoms with E-state index in [1.54, 1.807) is 4.90 Å². The van der Waals surface area contributed by atoms with E-state index in [9.17, 15) is 19.4 Å². The first-order chi connectivity index (χ1) is 11.6. The van der Waals surface area contributed by atoms with Gasteiger partial charge in [-0.1, -0.05) is 6.07 Å². The first-order valence-corrected chi connectivity index (χ1v) is 8.71. The molecule has 2 heterocycles. The largest absolute Gasteiger partial charge is 0.504 e. The Balaban J connectivity index is 1.58. The highest BCUT2D eigenvalue weighted by Gasteiger charge is 2.31. The molecule has 6 heteroatoms. The number of amides is 1. The number of hydrogen-bond donors (Lipinski definition) is 2. The van der Waals surface area contributed by atoms with E-state index in [2.05, 4.69) is 4.90 Å². The molecular weight excluding hydrogens is 311 g/mol. The molecular formula is C18H25FN2O3. The molecule has 0 aliphatic carbocycles. The number of halogens is 1. The van der Waals surface area contributed by atoms with Crippen LogP contribution in [0.4, 0.5) is 4.39 Å². The number of nitrogens with zero attached hydrogens (tertiary/aromatic N) is 2. The summed E-state index contributed by atoms with van der Waals surface area (Å²) in [4.78, 5) is 16.6. The van der Waals surface area contributed by atoms with Gasteiger partial charge in [-0.2, -0.15) is 0 Å². The molecule has 2 aliphatic heterocycles. The molecule has 0 bridgehead atoms. The van der Waals surface area contributed by atoms with Crippen LogP contribution in [-0.2, 0) is 0 Å². The van der Waals surface area contributed by atoms with Crippen molar-refractivity contribution in [3.8, 4) is 5.75 Å². The van der Waals surface area contributed by atoms with Gasteiger partial charge in [0.1, 0.15) is 0 Å². The number of carbonyl (C=O) groups is 1. The molecule has 2 saturated heterocycles. The number of piperidine rings is 2. The van der Waals surface area contributed by atoms with Crippen LogP contribution in [0.1, 0.15) is 36.0 Å². The van der Waals surface area contributed by atoms with E-state index >= 15 is 0 Å². The van der Waals surface area contributed by atoms with Crippen molar-refractivity contribution in [3.63, 3.8) is 0 Å². The monoisotopic (exact) mass is 336 g/mol. The molecule has 2 N–H and O–H groups in total. The fourth-order valence-corrected chi connectivity index (χ4v) is 3.87. The van der Waals surface area contributed by atoms with Crippen molar-refractivity contribution in [1.29, 1.82) is 0 Å². The van der Waals surface area contributed by atoms with Crippen LogP contribution in [0.15, 0.2) is 18.2 Å². The Morgan fingerprint density at radius 1 is 1.21 bits per heavy atom. The number of aliphatic hydroxyl groups is 1. The zero-order valence-corrected chi connectivity index (χ0v) is 13.8.